The molecule has 1 saturated heterocycles. The van der Waals surface area contributed by atoms with Crippen LogP contribution in [0.15, 0.2) is 12.3 Å². The molecule has 0 aromatic carbocycles. The average Bonchev–Trinajstić information content (AvgIpc) is 2.19. The summed E-state index contributed by atoms with van der Waals surface area (Å²) < 4.78 is 5.29. The first-order chi connectivity index (χ1) is 6.84. The zero-order chi connectivity index (χ0) is 9.80. The smallest absolute Gasteiger partial charge is 0.125 e. The van der Waals surface area contributed by atoms with Crippen LogP contribution in [0.4, 0.5) is 0 Å². The summed E-state index contributed by atoms with van der Waals surface area (Å²) in [5.41, 5.74) is 1.10. The number of morpholine rings is 1. The van der Waals surface area contributed by atoms with Gasteiger partial charge in [-0.3, -0.25) is 4.90 Å². The Bertz CT molecular complexity index is 297. The van der Waals surface area contributed by atoms with Crippen LogP contribution in [-0.2, 0) is 11.3 Å². The third-order valence-corrected chi connectivity index (χ3v) is 2.32. The van der Waals surface area contributed by atoms with Gasteiger partial charge in [0.2, 0.25) is 0 Å². The van der Waals surface area contributed by atoms with Crippen molar-refractivity contribution in [3.8, 4) is 0 Å². The van der Waals surface area contributed by atoms with Crippen LogP contribution >= 0.6 is 0 Å². The third kappa shape index (κ3) is 2.49. The Kier molecular flexibility index (Phi) is 3.06. The first-order valence-electron chi connectivity index (χ1n) is 4.93. The summed E-state index contributed by atoms with van der Waals surface area (Å²) in [6.07, 6.45) is 1.82. The molecule has 0 N–H and O–H groups in total. The molecule has 4 nitrogen and oxygen atoms in total. The fourth-order valence-corrected chi connectivity index (χ4v) is 1.58. The molecule has 4 heteroatoms. The van der Waals surface area contributed by atoms with Gasteiger partial charge < -0.3 is 4.74 Å². The van der Waals surface area contributed by atoms with Gasteiger partial charge in [0.05, 0.1) is 18.9 Å². The normalized spacial score (nSPS) is 18.4. The minimum atomic E-state index is 0.837. The van der Waals surface area contributed by atoms with Gasteiger partial charge in [-0.2, -0.15) is 0 Å². The van der Waals surface area contributed by atoms with Crippen molar-refractivity contribution in [2.75, 3.05) is 26.3 Å². The first-order valence-corrected chi connectivity index (χ1v) is 4.93. The average molecular weight is 193 g/mol. The largest absolute Gasteiger partial charge is 0.379 e. The van der Waals surface area contributed by atoms with Gasteiger partial charge in [-0.25, -0.2) is 9.97 Å². The number of aryl methyl sites for hydroxylation is 1. The zero-order valence-electron chi connectivity index (χ0n) is 8.44. The summed E-state index contributed by atoms with van der Waals surface area (Å²) in [4.78, 5) is 10.8. The van der Waals surface area contributed by atoms with E-state index in [4.69, 9.17) is 4.74 Å². The van der Waals surface area contributed by atoms with Crippen molar-refractivity contribution in [2.24, 2.45) is 0 Å². The lowest BCUT2D eigenvalue weighted by molar-refractivity contribution is 0.0336. The fourth-order valence-electron chi connectivity index (χ4n) is 1.58. The standard InChI is InChI=1S/C10H15N3O/c1-9-11-3-2-10(12-9)8-13-4-6-14-7-5-13/h2-3H,4-8H2,1H3. The van der Waals surface area contributed by atoms with Crippen LogP contribution in [0.3, 0.4) is 0 Å². The SMILES string of the molecule is Cc1nccc(CN2CCOCC2)n1. The van der Waals surface area contributed by atoms with Gasteiger partial charge in [0.25, 0.3) is 0 Å². The summed E-state index contributed by atoms with van der Waals surface area (Å²) in [6.45, 7) is 6.51. The van der Waals surface area contributed by atoms with E-state index in [2.05, 4.69) is 14.9 Å². The van der Waals surface area contributed by atoms with E-state index in [0.29, 0.717) is 0 Å². The minimum Gasteiger partial charge on any atom is -0.379 e. The first kappa shape index (κ1) is 9.55. The molecule has 14 heavy (non-hydrogen) atoms. The van der Waals surface area contributed by atoms with Gasteiger partial charge in [-0.05, 0) is 13.0 Å². The van der Waals surface area contributed by atoms with Gasteiger partial charge in [-0.15, -0.1) is 0 Å². The summed E-state index contributed by atoms with van der Waals surface area (Å²) in [6, 6.07) is 1.97. The van der Waals surface area contributed by atoms with Crippen LogP contribution in [0.25, 0.3) is 0 Å². The van der Waals surface area contributed by atoms with Crippen LogP contribution in [-0.4, -0.2) is 41.2 Å². The Balaban J connectivity index is 1.95. The lowest BCUT2D eigenvalue weighted by atomic mass is 10.3. The molecule has 0 radical (unpaired) electrons. The van der Waals surface area contributed by atoms with Crippen LogP contribution in [0.2, 0.25) is 0 Å². The Morgan fingerprint density at radius 2 is 2.21 bits per heavy atom. The summed E-state index contributed by atoms with van der Waals surface area (Å²) in [7, 11) is 0. The molecule has 0 saturated carbocycles. The second-order valence-corrected chi connectivity index (χ2v) is 3.48. The van der Waals surface area contributed by atoms with E-state index in [0.717, 1.165) is 44.4 Å². The van der Waals surface area contributed by atoms with E-state index in [1.165, 1.54) is 0 Å². The maximum atomic E-state index is 5.29. The molecule has 1 aliphatic rings. The molecule has 76 valence electrons. The van der Waals surface area contributed by atoms with Gasteiger partial charge >= 0.3 is 0 Å². The molecule has 0 amide bonds. The predicted octanol–water partition coefficient (Wildman–Crippen LogP) is 0.617. The highest BCUT2D eigenvalue weighted by Gasteiger charge is 2.10. The molecule has 1 aromatic rings. The monoisotopic (exact) mass is 193 g/mol. The second kappa shape index (κ2) is 4.48. The van der Waals surface area contributed by atoms with Crippen molar-refractivity contribution in [1.29, 1.82) is 0 Å². The van der Waals surface area contributed by atoms with Crippen LogP contribution in [0.5, 0.6) is 0 Å². The van der Waals surface area contributed by atoms with Crippen molar-refractivity contribution >= 4 is 0 Å². The molecule has 2 rings (SSSR count). The molecule has 1 fully saturated rings. The maximum Gasteiger partial charge on any atom is 0.125 e. The molecule has 0 unspecified atom stereocenters. The minimum absolute atomic E-state index is 0.837. The van der Waals surface area contributed by atoms with Crippen molar-refractivity contribution in [3.05, 3.63) is 23.8 Å². The van der Waals surface area contributed by atoms with E-state index in [1.807, 2.05) is 19.2 Å². The fraction of sp³-hybridized carbons (Fsp3) is 0.600. The Morgan fingerprint density at radius 3 is 2.93 bits per heavy atom. The number of rotatable bonds is 2. The van der Waals surface area contributed by atoms with E-state index >= 15 is 0 Å². The number of nitrogens with zero attached hydrogens (tertiary/aromatic N) is 3. The Hall–Kier alpha value is -1.00. The molecule has 2 heterocycles. The van der Waals surface area contributed by atoms with Gasteiger partial charge in [-0.1, -0.05) is 0 Å². The summed E-state index contributed by atoms with van der Waals surface area (Å²) in [5.74, 6) is 0.843. The third-order valence-electron chi connectivity index (χ3n) is 2.32. The number of aromatic nitrogens is 2. The van der Waals surface area contributed by atoms with Gasteiger partial charge in [0.15, 0.2) is 0 Å². The second-order valence-electron chi connectivity index (χ2n) is 3.48. The highest BCUT2D eigenvalue weighted by molar-refractivity contribution is 5.01. The topological polar surface area (TPSA) is 38.2 Å². The maximum absolute atomic E-state index is 5.29. The van der Waals surface area contributed by atoms with E-state index < -0.39 is 0 Å². The zero-order valence-corrected chi connectivity index (χ0v) is 8.44. The molecule has 0 spiro atoms. The lowest BCUT2D eigenvalue weighted by Crippen LogP contribution is -2.35. The number of ether oxygens (including phenoxy) is 1. The number of hydrogen-bond donors (Lipinski definition) is 0. The number of hydrogen-bond acceptors (Lipinski definition) is 4. The van der Waals surface area contributed by atoms with Crippen molar-refractivity contribution in [2.45, 2.75) is 13.5 Å². The van der Waals surface area contributed by atoms with Crippen LogP contribution in [0.1, 0.15) is 11.5 Å². The molecule has 1 aliphatic heterocycles. The van der Waals surface area contributed by atoms with E-state index in [-0.39, 0.29) is 0 Å². The van der Waals surface area contributed by atoms with E-state index in [1.54, 1.807) is 0 Å². The predicted molar refractivity (Wildman–Crippen MR) is 52.9 cm³/mol. The van der Waals surface area contributed by atoms with Gasteiger partial charge in [0.1, 0.15) is 5.82 Å². The van der Waals surface area contributed by atoms with Crippen molar-refractivity contribution < 1.29 is 4.74 Å². The van der Waals surface area contributed by atoms with Crippen LogP contribution in [0, 0.1) is 6.92 Å². The molecular weight excluding hydrogens is 178 g/mol. The van der Waals surface area contributed by atoms with E-state index in [9.17, 15) is 0 Å². The molecule has 0 atom stereocenters. The Labute approximate surface area is 83.9 Å². The molecule has 0 bridgehead atoms. The molecule has 0 aliphatic carbocycles. The van der Waals surface area contributed by atoms with Crippen LogP contribution < -0.4 is 0 Å². The van der Waals surface area contributed by atoms with Crippen molar-refractivity contribution in [1.82, 2.24) is 14.9 Å². The van der Waals surface area contributed by atoms with Gasteiger partial charge in [0, 0.05) is 25.8 Å². The highest BCUT2D eigenvalue weighted by Crippen LogP contribution is 2.04. The summed E-state index contributed by atoms with van der Waals surface area (Å²) >= 11 is 0. The lowest BCUT2D eigenvalue weighted by Gasteiger charge is -2.26. The Morgan fingerprint density at radius 1 is 1.43 bits per heavy atom. The highest BCUT2D eigenvalue weighted by atomic mass is 16.5. The molecule has 1 aromatic heterocycles. The molecular formula is C10H15N3O. The quantitative estimate of drug-likeness (QED) is 0.690. The van der Waals surface area contributed by atoms with Crippen molar-refractivity contribution in [3.63, 3.8) is 0 Å². The summed E-state index contributed by atoms with van der Waals surface area (Å²) in [5, 5.41) is 0.